The van der Waals surface area contributed by atoms with Crippen molar-refractivity contribution in [3.63, 3.8) is 0 Å². The fraction of sp³-hybridized carbons (Fsp3) is 0.286. The molecule has 0 bridgehead atoms. The van der Waals surface area contributed by atoms with E-state index in [-0.39, 0.29) is 11.6 Å². The van der Waals surface area contributed by atoms with Crippen molar-refractivity contribution < 1.29 is 4.79 Å². The summed E-state index contributed by atoms with van der Waals surface area (Å²) in [5.74, 6) is 0.973. The molecule has 0 aliphatic rings. The summed E-state index contributed by atoms with van der Waals surface area (Å²) in [6, 6.07) is 3.70. The van der Waals surface area contributed by atoms with Crippen molar-refractivity contribution in [2.45, 2.75) is 13.0 Å². The predicted molar refractivity (Wildman–Crippen MR) is 84.7 cm³/mol. The summed E-state index contributed by atoms with van der Waals surface area (Å²) in [6.07, 6.45) is 5.47. The maximum atomic E-state index is 12.0. The topological polar surface area (TPSA) is 140 Å². The second-order valence-corrected chi connectivity index (χ2v) is 5.01. The van der Waals surface area contributed by atoms with Gasteiger partial charge in [-0.3, -0.25) is 19.6 Å². The fourth-order valence-corrected chi connectivity index (χ4v) is 2.06. The van der Waals surface area contributed by atoms with E-state index in [1.165, 1.54) is 4.68 Å². The number of hydrogen-bond acceptors (Lipinski definition) is 7. The van der Waals surface area contributed by atoms with E-state index in [2.05, 4.69) is 35.8 Å². The Morgan fingerprint density at radius 1 is 1.42 bits per heavy atom. The third kappa shape index (κ3) is 3.79. The minimum atomic E-state index is -0.287. The molecule has 3 aromatic rings. The predicted octanol–water partition coefficient (Wildman–Crippen LogP) is -0.611. The van der Waals surface area contributed by atoms with Gasteiger partial charge < -0.3 is 11.1 Å². The summed E-state index contributed by atoms with van der Waals surface area (Å²) < 4.78 is 1.53. The minimum Gasteiger partial charge on any atom is -0.350 e. The first-order chi connectivity index (χ1) is 11.8. The van der Waals surface area contributed by atoms with Gasteiger partial charge in [0, 0.05) is 37.5 Å². The molecule has 10 heteroatoms. The van der Waals surface area contributed by atoms with Crippen molar-refractivity contribution in [2.75, 3.05) is 13.1 Å². The van der Waals surface area contributed by atoms with Crippen molar-refractivity contribution in [3.05, 3.63) is 42.2 Å². The van der Waals surface area contributed by atoms with E-state index in [0.29, 0.717) is 37.7 Å². The molecule has 3 rings (SSSR count). The van der Waals surface area contributed by atoms with Crippen LogP contribution in [0.2, 0.25) is 0 Å². The largest absolute Gasteiger partial charge is 0.350 e. The Bertz CT molecular complexity index is 795. The lowest BCUT2D eigenvalue weighted by atomic mass is 10.3. The van der Waals surface area contributed by atoms with Gasteiger partial charge >= 0.3 is 0 Å². The Morgan fingerprint density at radius 2 is 2.33 bits per heavy atom. The van der Waals surface area contributed by atoms with E-state index < -0.39 is 0 Å². The van der Waals surface area contributed by atoms with Gasteiger partial charge in [-0.2, -0.15) is 5.10 Å². The summed E-state index contributed by atoms with van der Waals surface area (Å²) in [7, 11) is 0. The van der Waals surface area contributed by atoms with Gasteiger partial charge in [-0.1, -0.05) is 5.21 Å². The molecule has 1 amide bonds. The lowest BCUT2D eigenvalue weighted by Gasteiger charge is -2.00. The number of nitrogens with one attached hydrogen (secondary N) is 2. The number of pyridine rings is 1. The van der Waals surface area contributed by atoms with Gasteiger partial charge in [0.25, 0.3) is 5.91 Å². The third-order valence-electron chi connectivity index (χ3n) is 3.23. The second-order valence-electron chi connectivity index (χ2n) is 5.01. The van der Waals surface area contributed by atoms with E-state index >= 15 is 0 Å². The van der Waals surface area contributed by atoms with Gasteiger partial charge in [-0.05, 0) is 12.1 Å². The molecule has 0 saturated heterocycles. The molecule has 0 unspecified atom stereocenters. The standard InChI is InChI=1S/C14H17N9O/c15-4-7-23-9-11(19-22-23)14(24)17-6-3-12-18-13(21-20-12)10-2-1-5-16-8-10/h1-2,5,8-9H,3-4,6-7,15H2,(H,17,24)(H,18,20,21). The van der Waals surface area contributed by atoms with Gasteiger partial charge in [-0.15, -0.1) is 5.10 Å². The van der Waals surface area contributed by atoms with Crippen LogP contribution in [-0.4, -0.2) is 54.2 Å². The summed E-state index contributed by atoms with van der Waals surface area (Å²) in [5, 5.41) is 17.4. The Labute approximate surface area is 137 Å². The van der Waals surface area contributed by atoms with Crippen molar-refractivity contribution in [3.8, 4) is 11.4 Å². The smallest absolute Gasteiger partial charge is 0.273 e. The minimum absolute atomic E-state index is 0.261. The van der Waals surface area contributed by atoms with E-state index in [1.54, 1.807) is 18.6 Å². The van der Waals surface area contributed by atoms with Crippen molar-refractivity contribution in [1.29, 1.82) is 0 Å². The summed E-state index contributed by atoms with van der Waals surface area (Å²) >= 11 is 0. The molecule has 0 radical (unpaired) electrons. The zero-order valence-corrected chi connectivity index (χ0v) is 12.9. The molecule has 0 atom stereocenters. The van der Waals surface area contributed by atoms with Crippen LogP contribution in [0.4, 0.5) is 0 Å². The highest BCUT2D eigenvalue weighted by Crippen LogP contribution is 2.11. The Balaban J connectivity index is 1.51. The van der Waals surface area contributed by atoms with Gasteiger partial charge in [-0.25, -0.2) is 4.98 Å². The molecule has 3 heterocycles. The van der Waals surface area contributed by atoms with Crippen LogP contribution < -0.4 is 11.1 Å². The molecule has 0 aliphatic carbocycles. The molecule has 3 aromatic heterocycles. The number of carbonyl (C=O) groups is 1. The van der Waals surface area contributed by atoms with Crippen molar-refractivity contribution in [2.24, 2.45) is 5.73 Å². The number of aromatic nitrogens is 7. The van der Waals surface area contributed by atoms with Crippen LogP contribution >= 0.6 is 0 Å². The highest BCUT2D eigenvalue weighted by atomic mass is 16.2. The average Bonchev–Trinajstić information content (AvgIpc) is 3.26. The molecule has 0 aliphatic heterocycles. The first-order valence-corrected chi connectivity index (χ1v) is 7.46. The number of hydrogen-bond donors (Lipinski definition) is 3. The normalized spacial score (nSPS) is 10.7. The summed E-state index contributed by atoms with van der Waals surface area (Å²) in [4.78, 5) is 20.4. The van der Waals surface area contributed by atoms with E-state index in [0.717, 1.165) is 5.56 Å². The van der Waals surface area contributed by atoms with Gasteiger partial charge in [0.05, 0.1) is 12.7 Å². The number of aromatic amines is 1. The summed E-state index contributed by atoms with van der Waals surface area (Å²) in [5.41, 5.74) is 6.52. The quantitative estimate of drug-likeness (QED) is 0.525. The van der Waals surface area contributed by atoms with Gasteiger partial charge in [0.2, 0.25) is 0 Å². The lowest BCUT2D eigenvalue weighted by Crippen LogP contribution is -2.26. The maximum absolute atomic E-state index is 12.0. The molecule has 0 aromatic carbocycles. The number of carbonyl (C=O) groups excluding carboxylic acids is 1. The first-order valence-electron chi connectivity index (χ1n) is 7.46. The Hall–Kier alpha value is -3.14. The van der Waals surface area contributed by atoms with Crippen LogP contribution in [0.3, 0.4) is 0 Å². The zero-order chi connectivity index (χ0) is 16.8. The van der Waals surface area contributed by atoms with Crippen LogP contribution in [0.1, 0.15) is 16.3 Å². The van der Waals surface area contributed by atoms with Gasteiger partial charge in [0.1, 0.15) is 5.82 Å². The Morgan fingerprint density at radius 3 is 3.12 bits per heavy atom. The molecule has 10 nitrogen and oxygen atoms in total. The third-order valence-corrected chi connectivity index (χ3v) is 3.23. The maximum Gasteiger partial charge on any atom is 0.273 e. The number of nitrogens with two attached hydrogens (primary N) is 1. The number of rotatable bonds is 7. The van der Waals surface area contributed by atoms with E-state index in [4.69, 9.17) is 5.73 Å². The zero-order valence-electron chi connectivity index (χ0n) is 12.9. The van der Waals surface area contributed by atoms with Crippen LogP contribution in [-0.2, 0) is 13.0 Å². The van der Waals surface area contributed by atoms with Crippen LogP contribution in [0.15, 0.2) is 30.7 Å². The van der Waals surface area contributed by atoms with Crippen LogP contribution in [0, 0.1) is 0 Å². The van der Waals surface area contributed by atoms with Crippen molar-refractivity contribution >= 4 is 5.91 Å². The lowest BCUT2D eigenvalue weighted by molar-refractivity contribution is 0.0949. The molecular weight excluding hydrogens is 310 g/mol. The molecule has 0 saturated carbocycles. The van der Waals surface area contributed by atoms with E-state index in [1.807, 2.05) is 12.1 Å². The monoisotopic (exact) mass is 327 g/mol. The number of amides is 1. The summed E-state index contributed by atoms with van der Waals surface area (Å²) in [6.45, 7) is 1.37. The first kappa shape index (κ1) is 15.7. The number of nitrogens with zero attached hydrogens (tertiary/aromatic N) is 6. The SMILES string of the molecule is NCCn1cc(C(=O)NCCc2nc(-c3cccnc3)n[nH]2)nn1. The fourth-order valence-electron chi connectivity index (χ4n) is 2.06. The second kappa shape index (κ2) is 7.42. The molecule has 0 fully saturated rings. The molecule has 24 heavy (non-hydrogen) atoms. The molecule has 0 spiro atoms. The highest BCUT2D eigenvalue weighted by Gasteiger charge is 2.11. The molecule has 124 valence electrons. The number of H-pyrrole nitrogens is 1. The van der Waals surface area contributed by atoms with Crippen LogP contribution in [0.25, 0.3) is 11.4 Å². The molecular formula is C14H17N9O. The highest BCUT2D eigenvalue weighted by molar-refractivity contribution is 5.91. The average molecular weight is 327 g/mol. The molecule has 4 N–H and O–H groups in total. The van der Waals surface area contributed by atoms with E-state index in [9.17, 15) is 4.79 Å². The van der Waals surface area contributed by atoms with Crippen molar-refractivity contribution in [1.82, 2.24) is 40.5 Å². The Kier molecular flexibility index (Phi) is 4.87. The van der Waals surface area contributed by atoms with Gasteiger partial charge in [0.15, 0.2) is 11.5 Å². The van der Waals surface area contributed by atoms with Crippen LogP contribution in [0.5, 0.6) is 0 Å².